The summed E-state index contributed by atoms with van der Waals surface area (Å²) in [6, 6.07) is 10.7. The SMILES string of the molecule is COCC(C)NC(=O)c1ccc(F)c([C@]2(C(F)F)N=C(NC(=O)c3ccccc3)O[C@H]3C[C@H]32)c1. The third kappa shape index (κ3) is 4.50. The first-order chi connectivity index (χ1) is 16.3. The molecule has 2 amide bonds. The van der Waals surface area contributed by atoms with E-state index in [1.54, 1.807) is 37.3 Å². The van der Waals surface area contributed by atoms with Gasteiger partial charge in [0.15, 0.2) is 5.54 Å². The molecule has 2 N–H and O–H groups in total. The number of amides is 2. The molecule has 0 spiro atoms. The van der Waals surface area contributed by atoms with Crippen LogP contribution in [0.2, 0.25) is 0 Å². The Morgan fingerprint density at radius 2 is 1.91 bits per heavy atom. The Bertz CT molecular complexity index is 1110. The molecular weight excluding hydrogens is 451 g/mol. The van der Waals surface area contributed by atoms with E-state index in [-0.39, 0.29) is 30.2 Å². The predicted molar refractivity (Wildman–Crippen MR) is 117 cm³/mol. The molecule has 0 saturated heterocycles. The Morgan fingerprint density at radius 3 is 2.59 bits per heavy atom. The minimum Gasteiger partial charge on any atom is -0.461 e. The molecular formula is C24H24F3N3O4. The number of nitrogens with zero attached hydrogens (tertiary/aromatic N) is 1. The molecule has 0 bridgehead atoms. The molecule has 1 aliphatic carbocycles. The first-order valence-electron chi connectivity index (χ1n) is 10.8. The van der Waals surface area contributed by atoms with Gasteiger partial charge in [-0.2, -0.15) is 0 Å². The van der Waals surface area contributed by atoms with Crippen molar-refractivity contribution in [3.05, 3.63) is 71.0 Å². The van der Waals surface area contributed by atoms with Crippen LogP contribution in [0.3, 0.4) is 0 Å². The summed E-state index contributed by atoms with van der Waals surface area (Å²) < 4.78 is 54.8. The van der Waals surface area contributed by atoms with Crippen molar-refractivity contribution < 1.29 is 32.2 Å². The van der Waals surface area contributed by atoms with E-state index in [0.29, 0.717) is 0 Å². The van der Waals surface area contributed by atoms with E-state index in [4.69, 9.17) is 9.47 Å². The molecule has 1 heterocycles. The number of hydrogen-bond donors (Lipinski definition) is 2. The maximum absolute atomic E-state index is 15.0. The lowest BCUT2D eigenvalue weighted by atomic mass is 9.83. The molecule has 0 radical (unpaired) electrons. The van der Waals surface area contributed by atoms with Crippen molar-refractivity contribution in [2.75, 3.05) is 13.7 Å². The van der Waals surface area contributed by atoms with Crippen LogP contribution in [0.5, 0.6) is 0 Å². The molecule has 1 aliphatic heterocycles. The molecule has 1 unspecified atom stereocenters. The summed E-state index contributed by atoms with van der Waals surface area (Å²) in [4.78, 5) is 29.2. The number of methoxy groups -OCH3 is 1. The number of nitrogens with one attached hydrogen (secondary N) is 2. The zero-order valence-corrected chi connectivity index (χ0v) is 18.6. The Hall–Kier alpha value is -3.40. The van der Waals surface area contributed by atoms with Crippen LogP contribution in [-0.4, -0.2) is 50.1 Å². The van der Waals surface area contributed by atoms with Crippen LogP contribution in [0.1, 0.15) is 39.6 Å². The van der Waals surface area contributed by atoms with Gasteiger partial charge in [-0.25, -0.2) is 18.2 Å². The van der Waals surface area contributed by atoms with Gasteiger partial charge in [0.1, 0.15) is 11.9 Å². The molecule has 2 aromatic carbocycles. The van der Waals surface area contributed by atoms with Crippen LogP contribution in [-0.2, 0) is 15.0 Å². The molecule has 0 aromatic heterocycles. The average molecular weight is 475 g/mol. The number of carbonyl (C=O) groups excluding carboxylic acids is 2. The number of alkyl halides is 2. The number of halogens is 3. The van der Waals surface area contributed by atoms with E-state index in [9.17, 15) is 22.8 Å². The summed E-state index contributed by atoms with van der Waals surface area (Å²) in [5.74, 6) is -2.88. The van der Waals surface area contributed by atoms with Crippen molar-refractivity contribution in [1.82, 2.24) is 10.6 Å². The van der Waals surface area contributed by atoms with Gasteiger partial charge in [-0.1, -0.05) is 18.2 Å². The van der Waals surface area contributed by atoms with Crippen LogP contribution in [0, 0.1) is 11.7 Å². The summed E-state index contributed by atoms with van der Waals surface area (Å²) in [5, 5.41) is 5.08. The summed E-state index contributed by atoms with van der Waals surface area (Å²) >= 11 is 0. The van der Waals surface area contributed by atoms with Gasteiger partial charge in [-0.3, -0.25) is 14.9 Å². The van der Waals surface area contributed by atoms with Crippen molar-refractivity contribution in [2.24, 2.45) is 10.9 Å². The van der Waals surface area contributed by atoms with Gasteiger partial charge in [0.25, 0.3) is 24.3 Å². The highest BCUT2D eigenvalue weighted by molar-refractivity contribution is 6.04. The number of aliphatic imine (C=N–C) groups is 1. The van der Waals surface area contributed by atoms with E-state index >= 15 is 0 Å². The number of amidine groups is 1. The molecule has 10 heteroatoms. The van der Waals surface area contributed by atoms with Gasteiger partial charge < -0.3 is 14.8 Å². The maximum Gasteiger partial charge on any atom is 0.293 e. The first-order valence-corrected chi connectivity index (χ1v) is 10.8. The molecule has 1 saturated carbocycles. The molecule has 4 atom stereocenters. The number of carbonyl (C=O) groups is 2. The summed E-state index contributed by atoms with van der Waals surface area (Å²) in [6.07, 6.45) is -3.56. The lowest BCUT2D eigenvalue weighted by Gasteiger charge is -2.34. The summed E-state index contributed by atoms with van der Waals surface area (Å²) in [7, 11) is 1.48. The topological polar surface area (TPSA) is 89.0 Å². The fraction of sp³-hybridized carbons (Fsp3) is 0.375. The Morgan fingerprint density at radius 1 is 1.18 bits per heavy atom. The number of fused-ring (bicyclic) bond motifs is 1. The first kappa shape index (κ1) is 23.7. The van der Waals surface area contributed by atoms with E-state index < -0.39 is 53.2 Å². The van der Waals surface area contributed by atoms with Crippen molar-refractivity contribution in [3.8, 4) is 0 Å². The van der Waals surface area contributed by atoms with Crippen LogP contribution in [0.25, 0.3) is 0 Å². The molecule has 180 valence electrons. The Balaban J connectivity index is 1.69. The molecule has 4 rings (SSSR count). The number of benzene rings is 2. The van der Waals surface area contributed by atoms with E-state index in [1.165, 1.54) is 13.2 Å². The van der Waals surface area contributed by atoms with E-state index in [2.05, 4.69) is 15.6 Å². The number of hydrogen-bond acceptors (Lipinski definition) is 5. The third-order valence-electron chi connectivity index (χ3n) is 5.89. The minimum absolute atomic E-state index is 0.00754. The van der Waals surface area contributed by atoms with E-state index in [1.807, 2.05) is 0 Å². The smallest absolute Gasteiger partial charge is 0.293 e. The van der Waals surface area contributed by atoms with Crippen molar-refractivity contribution in [1.29, 1.82) is 0 Å². The predicted octanol–water partition coefficient (Wildman–Crippen LogP) is 3.26. The average Bonchev–Trinajstić information content (AvgIpc) is 3.59. The van der Waals surface area contributed by atoms with Gasteiger partial charge in [0.2, 0.25) is 0 Å². The highest BCUT2D eigenvalue weighted by atomic mass is 19.3. The second kappa shape index (κ2) is 9.46. The molecule has 1 fully saturated rings. The summed E-state index contributed by atoms with van der Waals surface area (Å²) in [5.41, 5.74) is -2.44. The second-order valence-electron chi connectivity index (χ2n) is 8.39. The monoisotopic (exact) mass is 475 g/mol. The number of ether oxygens (including phenoxy) is 2. The van der Waals surface area contributed by atoms with E-state index in [0.717, 1.165) is 12.1 Å². The van der Waals surface area contributed by atoms with Crippen molar-refractivity contribution in [2.45, 2.75) is 37.5 Å². The van der Waals surface area contributed by atoms with Gasteiger partial charge in [-0.05, 0) is 43.7 Å². The minimum atomic E-state index is -3.12. The van der Waals surface area contributed by atoms with Crippen LogP contribution in [0.15, 0.2) is 53.5 Å². The zero-order valence-electron chi connectivity index (χ0n) is 18.6. The van der Waals surface area contributed by atoms with Crippen LogP contribution in [0.4, 0.5) is 13.2 Å². The highest BCUT2D eigenvalue weighted by Crippen LogP contribution is 2.56. The zero-order chi connectivity index (χ0) is 24.5. The standard InChI is InChI=1S/C24H24F3N3O4/c1-13(12-33-2)28-21(32)15-8-9-18(25)16(10-15)24(22(26)27)17-11-19(17)34-23(30-24)29-20(31)14-6-4-3-5-7-14/h3-10,13,17,19,22H,11-12H2,1-2H3,(H,28,32)(H,29,30,31)/t13?,17-,19+,24+/m1/s1. The molecule has 2 aliphatic rings. The molecule has 7 nitrogen and oxygen atoms in total. The van der Waals surface area contributed by atoms with Crippen LogP contribution < -0.4 is 10.6 Å². The number of rotatable bonds is 7. The quantitative estimate of drug-likeness (QED) is 0.644. The van der Waals surface area contributed by atoms with Gasteiger partial charge in [0, 0.05) is 35.8 Å². The maximum atomic E-state index is 15.0. The normalized spacial score (nSPS) is 23.9. The van der Waals surface area contributed by atoms with Crippen molar-refractivity contribution >= 4 is 17.8 Å². The van der Waals surface area contributed by atoms with Crippen molar-refractivity contribution in [3.63, 3.8) is 0 Å². The summed E-state index contributed by atoms with van der Waals surface area (Å²) in [6.45, 7) is 1.96. The molecule has 34 heavy (non-hydrogen) atoms. The van der Waals surface area contributed by atoms with Gasteiger partial charge in [-0.15, -0.1) is 0 Å². The van der Waals surface area contributed by atoms with Crippen LogP contribution >= 0.6 is 0 Å². The Labute approximate surface area is 194 Å². The van der Waals surface area contributed by atoms with Gasteiger partial charge in [0.05, 0.1) is 6.61 Å². The fourth-order valence-electron chi connectivity index (χ4n) is 4.16. The highest BCUT2D eigenvalue weighted by Gasteiger charge is 2.64. The lowest BCUT2D eigenvalue weighted by Crippen LogP contribution is -2.46. The third-order valence-corrected chi connectivity index (χ3v) is 5.89. The second-order valence-corrected chi connectivity index (χ2v) is 8.39. The Kier molecular flexibility index (Phi) is 6.60. The largest absolute Gasteiger partial charge is 0.461 e. The molecule has 2 aromatic rings. The van der Waals surface area contributed by atoms with Gasteiger partial charge >= 0.3 is 0 Å². The lowest BCUT2D eigenvalue weighted by molar-refractivity contribution is 0.0165. The fourth-order valence-corrected chi connectivity index (χ4v) is 4.16.